The van der Waals surface area contributed by atoms with Crippen LogP contribution in [0, 0.1) is 12.8 Å². The smallest absolute Gasteiger partial charge is 0.140 e. The van der Waals surface area contributed by atoms with E-state index in [0.717, 1.165) is 36.1 Å². The number of benzene rings is 1. The molecule has 1 aliphatic rings. The molecule has 1 aromatic carbocycles. The highest BCUT2D eigenvalue weighted by molar-refractivity contribution is 7.09. The van der Waals surface area contributed by atoms with Crippen molar-refractivity contribution in [3.63, 3.8) is 0 Å². The third-order valence-electron chi connectivity index (χ3n) is 4.11. The average Bonchev–Trinajstić information content (AvgIpc) is 3.06. The number of hydrogen-bond donors (Lipinski definition) is 1. The van der Waals surface area contributed by atoms with E-state index >= 15 is 0 Å². The van der Waals surface area contributed by atoms with Gasteiger partial charge in [-0.1, -0.05) is 24.6 Å². The SMILES string of the molecule is Cc1ccc(OCc2nc(CN3CC(C)C(N)C3)cs2)cc1.Cl. The van der Waals surface area contributed by atoms with Crippen LogP contribution in [-0.2, 0) is 13.2 Å². The summed E-state index contributed by atoms with van der Waals surface area (Å²) in [6.07, 6.45) is 0. The summed E-state index contributed by atoms with van der Waals surface area (Å²) in [5.41, 5.74) is 8.43. The topological polar surface area (TPSA) is 51.4 Å². The van der Waals surface area contributed by atoms with Crippen LogP contribution in [0.2, 0.25) is 0 Å². The second-order valence-corrected chi connectivity index (χ2v) is 7.11. The maximum Gasteiger partial charge on any atom is 0.140 e. The lowest BCUT2D eigenvalue weighted by Gasteiger charge is -2.12. The van der Waals surface area contributed by atoms with Gasteiger partial charge in [0.25, 0.3) is 0 Å². The maximum atomic E-state index is 6.07. The van der Waals surface area contributed by atoms with E-state index in [2.05, 4.69) is 41.2 Å². The number of likely N-dealkylation sites (tertiary alicyclic amines) is 1. The van der Waals surface area contributed by atoms with Gasteiger partial charge in [-0.2, -0.15) is 0 Å². The van der Waals surface area contributed by atoms with E-state index in [9.17, 15) is 0 Å². The molecule has 4 nitrogen and oxygen atoms in total. The van der Waals surface area contributed by atoms with E-state index in [1.54, 1.807) is 11.3 Å². The third-order valence-corrected chi connectivity index (χ3v) is 4.99. The number of ether oxygens (including phenoxy) is 1. The molecule has 2 heterocycles. The van der Waals surface area contributed by atoms with Crippen LogP contribution in [0.3, 0.4) is 0 Å². The van der Waals surface area contributed by atoms with Crippen molar-refractivity contribution in [2.24, 2.45) is 11.7 Å². The van der Waals surface area contributed by atoms with Crippen LogP contribution in [0.1, 0.15) is 23.2 Å². The minimum Gasteiger partial charge on any atom is -0.486 e. The second-order valence-electron chi connectivity index (χ2n) is 6.17. The number of nitrogens with two attached hydrogens (primary N) is 1. The molecule has 2 unspecified atom stereocenters. The summed E-state index contributed by atoms with van der Waals surface area (Å²) in [6.45, 7) is 7.74. The number of nitrogens with zero attached hydrogens (tertiary/aromatic N) is 2. The molecular formula is C17H24ClN3OS. The molecule has 1 fully saturated rings. The van der Waals surface area contributed by atoms with Crippen molar-refractivity contribution in [3.05, 3.63) is 45.9 Å². The molecular weight excluding hydrogens is 330 g/mol. The van der Waals surface area contributed by atoms with E-state index < -0.39 is 0 Å². The van der Waals surface area contributed by atoms with Gasteiger partial charge in [0.05, 0.1) is 5.69 Å². The lowest BCUT2D eigenvalue weighted by Crippen LogP contribution is -2.28. The van der Waals surface area contributed by atoms with Gasteiger partial charge in [0, 0.05) is 31.1 Å². The summed E-state index contributed by atoms with van der Waals surface area (Å²) in [4.78, 5) is 7.05. The van der Waals surface area contributed by atoms with E-state index in [1.165, 1.54) is 5.56 Å². The molecule has 0 spiro atoms. The third kappa shape index (κ3) is 4.91. The van der Waals surface area contributed by atoms with E-state index in [1.807, 2.05) is 12.1 Å². The zero-order chi connectivity index (χ0) is 15.5. The van der Waals surface area contributed by atoms with Gasteiger partial charge < -0.3 is 10.5 Å². The standard InChI is InChI=1S/C17H23N3OS.ClH/c1-12-3-5-15(6-4-12)21-10-17-19-14(11-22-17)8-20-7-13(2)16(18)9-20;/h3-6,11,13,16H,7-10,18H2,1-2H3;1H. The van der Waals surface area contributed by atoms with Gasteiger partial charge in [-0.05, 0) is 25.0 Å². The lowest BCUT2D eigenvalue weighted by atomic mass is 10.1. The Morgan fingerprint density at radius 1 is 1.30 bits per heavy atom. The highest BCUT2D eigenvalue weighted by atomic mass is 35.5. The zero-order valence-electron chi connectivity index (χ0n) is 13.6. The minimum absolute atomic E-state index is 0. The Hall–Kier alpha value is -1.14. The van der Waals surface area contributed by atoms with E-state index in [4.69, 9.17) is 10.5 Å². The van der Waals surface area contributed by atoms with Crippen molar-refractivity contribution < 1.29 is 4.74 Å². The van der Waals surface area contributed by atoms with Crippen LogP contribution >= 0.6 is 23.7 Å². The van der Waals surface area contributed by atoms with Crippen molar-refractivity contribution in [3.8, 4) is 5.75 Å². The Morgan fingerprint density at radius 3 is 2.70 bits per heavy atom. The molecule has 0 bridgehead atoms. The monoisotopic (exact) mass is 353 g/mol. The van der Waals surface area contributed by atoms with Crippen molar-refractivity contribution in [2.45, 2.75) is 33.0 Å². The van der Waals surface area contributed by atoms with Crippen LogP contribution in [0.15, 0.2) is 29.6 Å². The highest BCUT2D eigenvalue weighted by Crippen LogP contribution is 2.20. The lowest BCUT2D eigenvalue weighted by molar-refractivity contribution is 0.301. The van der Waals surface area contributed by atoms with Gasteiger partial charge >= 0.3 is 0 Å². The Morgan fingerprint density at radius 2 is 2.04 bits per heavy atom. The molecule has 0 radical (unpaired) electrons. The average molecular weight is 354 g/mol. The minimum atomic E-state index is 0. The summed E-state index contributed by atoms with van der Waals surface area (Å²) in [5.74, 6) is 1.46. The van der Waals surface area contributed by atoms with Gasteiger partial charge in [-0.15, -0.1) is 23.7 Å². The molecule has 2 aromatic rings. The normalized spacial score (nSPS) is 21.2. The van der Waals surface area contributed by atoms with Crippen molar-refractivity contribution in [2.75, 3.05) is 13.1 Å². The molecule has 1 aromatic heterocycles. The summed E-state index contributed by atoms with van der Waals surface area (Å²) < 4.78 is 5.78. The first-order valence-corrected chi connectivity index (χ1v) is 8.59. The number of rotatable bonds is 5. The molecule has 1 aliphatic heterocycles. The summed E-state index contributed by atoms with van der Waals surface area (Å²) >= 11 is 1.66. The van der Waals surface area contributed by atoms with Gasteiger partial charge in [-0.25, -0.2) is 4.98 Å². The first-order valence-electron chi connectivity index (χ1n) is 7.71. The molecule has 2 atom stereocenters. The zero-order valence-corrected chi connectivity index (χ0v) is 15.2. The van der Waals surface area contributed by atoms with Gasteiger partial charge in [0.15, 0.2) is 0 Å². The number of aryl methyl sites for hydroxylation is 1. The van der Waals surface area contributed by atoms with Crippen molar-refractivity contribution >= 4 is 23.7 Å². The summed E-state index contributed by atoms with van der Waals surface area (Å²) in [5, 5.41) is 3.15. The van der Waals surface area contributed by atoms with E-state index in [-0.39, 0.29) is 12.4 Å². The number of thiazole rings is 1. The Bertz CT molecular complexity index is 607. The molecule has 0 amide bonds. The van der Waals surface area contributed by atoms with Crippen LogP contribution in [0.4, 0.5) is 0 Å². The number of halogens is 1. The largest absolute Gasteiger partial charge is 0.486 e. The van der Waals surface area contributed by atoms with E-state index in [0.29, 0.717) is 18.6 Å². The van der Waals surface area contributed by atoms with Gasteiger partial charge in [0.2, 0.25) is 0 Å². The Balaban J connectivity index is 0.00000192. The van der Waals surface area contributed by atoms with Gasteiger partial charge in [-0.3, -0.25) is 4.90 Å². The fraction of sp³-hybridized carbons (Fsp3) is 0.471. The van der Waals surface area contributed by atoms with Crippen LogP contribution in [0.25, 0.3) is 0 Å². The summed E-state index contributed by atoms with van der Waals surface area (Å²) in [7, 11) is 0. The maximum absolute atomic E-state index is 6.07. The molecule has 23 heavy (non-hydrogen) atoms. The summed E-state index contributed by atoms with van der Waals surface area (Å²) in [6, 6.07) is 8.40. The fourth-order valence-corrected chi connectivity index (χ4v) is 3.42. The van der Waals surface area contributed by atoms with Crippen LogP contribution < -0.4 is 10.5 Å². The Kier molecular flexibility index (Phi) is 6.41. The predicted molar refractivity (Wildman–Crippen MR) is 97.3 cm³/mol. The number of aromatic nitrogens is 1. The molecule has 0 aliphatic carbocycles. The molecule has 126 valence electrons. The first-order chi connectivity index (χ1) is 10.6. The van der Waals surface area contributed by atoms with Crippen LogP contribution in [0.5, 0.6) is 5.75 Å². The molecule has 3 rings (SSSR count). The molecule has 1 saturated heterocycles. The quantitative estimate of drug-likeness (QED) is 0.896. The fourth-order valence-electron chi connectivity index (χ4n) is 2.72. The number of hydrogen-bond acceptors (Lipinski definition) is 5. The molecule has 6 heteroatoms. The molecule has 2 N–H and O–H groups in total. The van der Waals surface area contributed by atoms with Crippen LogP contribution in [-0.4, -0.2) is 29.0 Å². The van der Waals surface area contributed by atoms with Crippen molar-refractivity contribution in [1.82, 2.24) is 9.88 Å². The van der Waals surface area contributed by atoms with Gasteiger partial charge in [0.1, 0.15) is 17.4 Å². The van der Waals surface area contributed by atoms with Crippen molar-refractivity contribution in [1.29, 1.82) is 0 Å². The highest BCUT2D eigenvalue weighted by Gasteiger charge is 2.26. The predicted octanol–water partition coefficient (Wildman–Crippen LogP) is 3.23. The second kappa shape index (κ2) is 8.11. The first kappa shape index (κ1) is 18.2. The molecule has 0 saturated carbocycles. The Labute approximate surface area is 148 Å².